The van der Waals surface area contributed by atoms with E-state index in [0.29, 0.717) is 19.0 Å². The lowest BCUT2D eigenvalue weighted by molar-refractivity contribution is 0.518. The first-order valence-corrected chi connectivity index (χ1v) is 8.08. The molecule has 2 unspecified atom stereocenters. The fourth-order valence-corrected chi connectivity index (χ4v) is 3.59. The molecule has 1 heterocycles. The van der Waals surface area contributed by atoms with Gasteiger partial charge in [0.25, 0.3) is 10.0 Å². The molecule has 2 rings (SSSR count). The third kappa shape index (κ3) is 3.24. The van der Waals surface area contributed by atoms with Crippen molar-refractivity contribution in [3.05, 3.63) is 12.5 Å². The Morgan fingerprint density at radius 3 is 2.89 bits per heavy atom. The van der Waals surface area contributed by atoms with Gasteiger partial charge < -0.3 is 4.57 Å². The van der Waals surface area contributed by atoms with E-state index in [9.17, 15) is 8.42 Å². The summed E-state index contributed by atoms with van der Waals surface area (Å²) in [6.45, 7) is 3.09. The summed E-state index contributed by atoms with van der Waals surface area (Å²) in [6, 6.07) is 0. The molecule has 0 bridgehead atoms. The normalized spacial score (nSPS) is 24.6. The molecule has 1 aliphatic carbocycles. The highest BCUT2D eigenvalue weighted by molar-refractivity contribution is 7.89. The second-order valence-electron chi connectivity index (χ2n) is 4.67. The van der Waals surface area contributed by atoms with Gasteiger partial charge in [-0.05, 0) is 32.1 Å². The summed E-state index contributed by atoms with van der Waals surface area (Å²) in [5, 5.41) is 0.281. The van der Waals surface area contributed by atoms with E-state index in [-0.39, 0.29) is 10.4 Å². The van der Waals surface area contributed by atoms with Crippen LogP contribution in [0.5, 0.6) is 0 Å². The number of imidazole rings is 1. The van der Waals surface area contributed by atoms with Crippen molar-refractivity contribution in [1.29, 1.82) is 0 Å². The molecule has 2 atom stereocenters. The number of hydrogen-bond acceptors (Lipinski definition) is 3. The van der Waals surface area contributed by atoms with Gasteiger partial charge in [-0.3, -0.25) is 0 Å². The smallest absolute Gasteiger partial charge is 0.259 e. The van der Waals surface area contributed by atoms with Crippen LogP contribution in [-0.4, -0.2) is 29.9 Å². The van der Waals surface area contributed by atoms with Gasteiger partial charge in [-0.15, -0.1) is 11.6 Å². The maximum absolute atomic E-state index is 12.0. The van der Waals surface area contributed by atoms with Crippen LogP contribution in [-0.2, 0) is 16.6 Å². The molecule has 0 spiro atoms. The molecule has 5 nitrogen and oxygen atoms in total. The third-order valence-corrected chi connectivity index (χ3v) is 4.99. The van der Waals surface area contributed by atoms with E-state index in [1.165, 1.54) is 6.33 Å². The molecule has 0 aromatic carbocycles. The fourth-order valence-electron chi connectivity index (χ4n) is 2.15. The minimum Gasteiger partial charge on any atom is -0.336 e. The molecule has 1 fully saturated rings. The van der Waals surface area contributed by atoms with Crippen LogP contribution in [0.15, 0.2) is 17.6 Å². The van der Waals surface area contributed by atoms with E-state index < -0.39 is 10.0 Å². The number of alkyl halides is 1. The summed E-state index contributed by atoms with van der Waals surface area (Å²) in [5.74, 6) is 0.343. The number of sulfonamides is 1. The van der Waals surface area contributed by atoms with Crippen molar-refractivity contribution >= 4 is 21.6 Å². The van der Waals surface area contributed by atoms with E-state index in [1.807, 2.05) is 6.92 Å². The topological polar surface area (TPSA) is 64.0 Å². The Morgan fingerprint density at radius 2 is 2.33 bits per heavy atom. The number of aromatic nitrogens is 2. The Labute approximate surface area is 113 Å². The summed E-state index contributed by atoms with van der Waals surface area (Å²) in [4.78, 5) is 3.91. The third-order valence-electron chi connectivity index (χ3n) is 3.29. The summed E-state index contributed by atoms with van der Waals surface area (Å²) in [6.07, 6.45) is 5.91. The summed E-state index contributed by atoms with van der Waals surface area (Å²) >= 11 is 6.00. The van der Waals surface area contributed by atoms with Crippen LogP contribution in [0.3, 0.4) is 0 Å². The maximum Gasteiger partial charge on any atom is 0.259 e. The average Bonchev–Trinajstić information content (AvgIpc) is 2.95. The first-order valence-electron chi connectivity index (χ1n) is 6.16. The molecule has 1 saturated carbocycles. The lowest BCUT2D eigenvalue weighted by Gasteiger charge is -2.09. The van der Waals surface area contributed by atoms with Gasteiger partial charge in [0.15, 0.2) is 5.03 Å². The number of nitrogens with zero attached hydrogens (tertiary/aromatic N) is 2. The van der Waals surface area contributed by atoms with Crippen molar-refractivity contribution in [2.75, 3.05) is 6.54 Å². The minimum atomic E-state index is -3.48. The highest BCUT2D eigenvalue weighted by atomic mass is 35.5. The zero-order valence-electron chi connectivity index (χ0n) is 10.3. The van der Waals surface area contributed by atoms with Crippen LogP contribution in [0.1, 0.15) is 26.2 Å². The molecule has 0 saturated heterocycles. The van der Waals surface area contributed by atoms with Crippen LogP contribution in [0.25, 0.3) is 0 Å². The number of hydrogen-bond donors (Lipinski definition) is 1. The van der Waals surface area contributed by atoms with Gasteiger partial charge in [0.1, 0.15) is 0 Å². The molecule has 102 valence electrons. The van der Waals surface area contributed by atoms with Gasteiger partial charge >= 0.3 is 0 Å². The quantitative estimate of drug-likeness (QED) is 0.838. The highest BCUT2D eigenvalue weighted by Crippen LogP contribution is 2.29. The van der Waals surface area contributed by atoms with Gasteiger partial charge in [-0.1, -0.05) is 0 Å². The summed E-state index contributed by atoms with van der Waals surface area (Å²) < 4.78 is 28.3. The predicted octanol–water partition coefficient (Wildman–Crippen LogP) is 1.59. The van der Waals surface area contributed by atoms with Crippen LogP contribution < -0.4 is 4.72 Å². The molecule has 1 aromatic heterocycles. The van der Waals surface area contributed by atoms with Crippen LogP contribution in [0.2, 0.25) is 0 Å². The average molecular weight is 292 g/mol. The highest BCUT2D eigenvalue weighted by Gasteiger charge is 2.25. The number of halogens is 1. The molecule has 1 aromatic rings. The van der Waals surface area contributed by atoms with E-state index >= 15 is 0 Å². The molecule has 1 N–H and O–H groups in total. The molecule has 18 heavy (non-hydrogen) atoms. The number of rotatable bonds is 5. The van der Waals surface area contributed by atoms with E-state index in [0.717, 1.165) is 19.3 Å². The maximum atomic E-state index is 12.0. The van der Waals surface area contributed by atoms with E-state index in [1.54, 1.807) is 10.8 Å². The molecular formula is C11H18ClN3O2S. The van der Waals surface area contributed by atoms with Gasteiger partial charge in [0, 0.05) is 24.7 Å². The Bertz CT molecular complexity index is 500. The first-order chi connectivity index (χ1) is 8.51. The van der Waals surface area contributed by atoms with Crippen LogP contribution >= 0.6 is 11.6 Å². The van der Waals surface area contributed by atoms with E-state index in [4.69, 9.17) is 11.6 Å². The van der Waals surface area contributed by atoms with Crippen molar-refractivity contribution in [3.63, 3.8) is 0 Å². The predicted molar refractivity (Wildman–Crippen MR) is 70.1 cm³/mol. The van der Waals surface area contributed by atoms with Crippen LogP contribution in [0, 0.1) is 5.92 Å². The van der Waals surface area contributed by atoms with Crippen molar-refractivity contribution < 1.29 is 8.42 Å². The van der Waals surface area contributed by atoms with Crippen molar-refractivity contribution in [3.8, 4) is 0 Å². The zero-order valence-corrected chi connectivity index (χ0v) is 11.9. The largest absolute Gasteiger partial charge is 0.336 e. The molecule has 0 radical (unpaired) electrons. The monoisotopic (exact) mass is 291 g/mol. The number of aryl methyl sites for hydroxylation is 1. The Morgan fingerprint density at radius 1 is 1.56 bits per heavy atom. The van der Waals surface area contributed by atoms with Crippen molar-refractivity contribution in [2.45, 2.75) is 43.1 Å². The lowest BCUT2D eigenvalue weighted by atomic mass is 10.1. The van der Waals surface area contributed by atoms with Crippen molar-refractivity contribution in [2.24, 2.45) is 5.92 Å². The van der Waals surface area contributed by atoms with E-state index in [2.05, 4.69) is 9.71 Å². The minimum absolute atomic E-state index is 0.0878. The van der Waals surface area contributed by atoms with Crippen LogP contribution in [0.4, 0.5) is 0 Å². The van der Waals surface area contributed by atoms with Gasteiger partial charge in [-0.25, -0.2) is 18.1 Å². The molecular weight excluding hydrogens is 274 g/mol. The molecule has 0 aliphatic heterocycles. The van der Waals surface area contributed by atoms with Gasteiger partial charge in [0.2, 0.25) is 0 Å². The zero-order chi connectivity index (χ0) is 13.2. The Kier molecular flexibility index (Phi) is 4.29. The van der Waals surface area contributed by atoms with Gasteiger partial charge in [0.05, 0.1) is 6.33 Å². The fraction of sp³-hybridized carbons (Fsp3) is 0.727. The standard InChI is InChI=1S/C11H18ClN3O2S/c1-2-15-7-11(13-8-15)18(16,17)14-6-9-3-4-10(12)5-9/h7-10,14H,2-6H2,1H3. The second-order valence-corrected chi connectivity index (χ2v) is 7.00. The molecule has 7 heteroatoms. The Hall–Kier alpha value is -0.590. The summed E-state index contributed by atoms with van der Waals surface area (Å²) in [5.41, 5.74) is 0. The Balaban J connectivity index is 1.95. The lowest BCUT2D eigenvalue weighted by Crippen LogP contribution is -2.29. The SMILES string of the molecule is CCn1cnc(S(=O)(=O)NCC2CCC(Cl)C2)c1. The number of nitrogens with one attached hydrogen (secondary N) is 1. The molecule has 1 aliphatic rings. The van der Waals surface area contributed by atoms with Gasteiger partial charge in [-0.2, -0.15) is 0 Å². The summed E-state index contributed by atoms with van der Waals surface area (Å²) in [7, 11) is -3.48. The molecule has 0 amide bonds. The second kappa shape index (κ2) is 5.59. The first kappa shape index (κ1) is 13.8. The van der Waals surface area contributed by atoms with Crippen molar-refractivity contribution in [1.82, 2.24) is 14.3 Å².